The second-order valence-electron chi connectivity index (χ2n) is 5.86. The number of aryl methyl sites for hydroxylation is 2. The van der Waals surface area contributed by atoms with Crippen molar-refractivity contribution in [2.75, 3.05) is 19.7 Å². The Morgan fingerprint density at radius 1 is 1.32 bits per heavy atom. The maximum Gasteiger partial charge on any atom is 0.308 e. The summed E-state index contributed by atoms with van der Waals surface area (Å²) < 4.78 is 5.61. The fraction of sp³-hybridized carbons (Fsp3) is 0.529. The molecule has 1 heterocycles. The zero-order valence-electron chi connectivity index (χ0n) is 13.2. The van der Waals surface area contributed by atoms with Crippen LogP contribution in [0.25, 0.3) is 0 Å². The lowest BCUT2D eigenvalue weighted by molar-refractivity contribution is -0.145. The van der Waals surface area contributed by atoms with Gasteiger partial charge >= 0.3 is 5.97 Å². The number of carboxylic acid groups (broad SMARTS) is 1. The Kier molecular flexibility index (Phi) is 5.41. The van der Waals surface area contributed by atoms with Crippen LogP contribution in [0.4, 0.5) is 0 Å². The number of amides is 1. The molecule has 1 aliphatic heterocycles. The highest BCUT2D eigenvalue weighted by Crippen LogP contribution is 2.19. The summed E-state index contributed by atoms with van der Waals surface area (Å²) in [5.74, 6) is -0.519. The number of carbonyl (C=O) groups is 2. The van der Waals surface area contributed by atoms with Crippen LogP contribution in [0.2, 0.25) is 0 Å². The topological polar surface area (TPSA) is 66.8 Å². The first-order valence-electron chi connectivity index (χ1n) is 7.68. The quantitative estimate of drug-likeness (QED) is 0.907. The number of aliphatic carboxylic acids is 1. The van der Waals surface area contributed by atoms with E-state index in [4.69, 9.17) is 9.84 Å². The molecule has 1 unspecified atom stereocenters. The maximum absolute atomic E-state index is 12.1. The third-order valence-electron chi connectivity index (χ3n) is 4.19. The molecule has 120 valence electrons. The minimum Gasteiger partial charge on any atom is -0.493 e. The predicted molar refractivity (Wildman–Crippen MR) is 83.0 cm³/mol. The molecule has 1 saturated heterocycles. The molecule has 1 N–H and O–H groups in total. The van der Waals surface area contributed by atoms with E-state index in [9.17, 15) is 9.59 Å². The second kappa shape index (κ2) is 7.29. The van der Waals surface area contributed by atoms with Crippen molar-refractivity contribution in [2.24, 2.45) is 5.92 Å². The van der Waals surface area contributed by atoms with Gasteiger partial charge in [-0.3, -0.25) is 9.59 Å². The lowest BCUT2D eigenvalue weighted by Gasteiger charge is -2.30. The van der Waals surface area contributed by atoms with Crippen molar-refractivity contribution < 1.29 is 19.4 Å². The zero-order valence-corrected chi connectivity index (χ0v) is 13.2. The van der Waals surface area contributed by atoms with Crippen molar-refractivity contribution in [3.63, 3.8) is 0 Å². The van der Waals surface area contributed by atoms with Gasteiger partial charge in [-0.05, 0) is 49.9 Å². The summed E-state index contributed by atoms with van der Waals surface area (Å²) in [6.07, 6.45) is 1.68. The Hall–Kier alpha value is -2.04. The molecule has 0 spiro atoms. The Morgan fingerprint density at radius 3 is 2.77 bits per heavy atom. The largest absolute Gasteiger partial charge is 0.493 e. The number of nitrogens with zero attached hydrogens (tertiary/aromatic N) is 1. The van der Waals surface area contributed by atoms with Crippen molar-refractivity contribution in [1.82, 2.24) is 4.90 Å². The van der Waals surface area contributed by atoms with Crippen molar-refractivity contribution in [3.05, 3.63) is 29.3 Å². The number of hydrogen-bond acceptors (Lipinski definition) is 3. The highest BCUT2D eigenvalue weighted by atomic mass is 16.5. The van der Waals surface area contributed by atoms with E-state index in [-0.39, 0.29) is 12.3 Å². The van der Waals surface area contributed by atoms with Gasteiger partial charge in [-0.25, -0.2) is 0 Å². The van der Waals surface area contributed by atoms with E-state index in [2.05, 4.69) is 0 Å². The number of hydrogen-bond donors (Lipinski definition) is 1. The molecule has 1 aliphatic rings. The summed E-state index contributed by atoms with van der Waals surface area (Å²) in [5.41, 5.74) is 2.36. The zero-order chi connectivity index (χ0) is 16.1. The molecule has 1 atom stereocenters. The number of carbonyl (C=O) groups excluding carboxylic acids is 1. The Morgan fingerprint density at radius 2 is 2.09 bits per heavy atom. The summed E-state index contributed by atoms with van der Waals surface area (Å²) in [7, 11) is 0. The van der Waals surface area contributed by atoms with Crippen molar-refractivity contribution in [3.8, 4) is 5.75 Å². The van der Waals surface area contributed by atoms with E-state index in [0.717, 1.165) is 17.7 Å². The lowest BCUT2D eigenvalue weighted by Crippen LogP contribution is -2.42. The molecule has 2 rings (SSSR count). The minimum absolute atomic E-state index is 0.0326. The van der Waals surface area contributed by atoms with Crippen LogP contribution >= 0.6 is 0 Å². The average molecular weight is 305 g/mol. The molecule has 1 aromatic rings. The molecule has 5 heteroatoms. The van der Waals surface area contributed by atoms with Gasteiger partial charge in [0.2, 0.25) is 5.91 Å². The van der Waals surface area contributed by atoms with Crippen molar-refractivity contribution in [1.29, 1.82) is 0 Å². The number of piperidine rings is 1. The molecular formula is C17H23NO4. The summed E-state index contributed by atoms with van der Waals surface area (Å²) >= 11 is 0. The molecule has 1 amide bonds. The molecule has 0 saturated carbocycles. The fourth-order valence-corrected chi connectivity index (χ4v) is 2.62. The minimum atomic E-state index is -0.816. The summed E-state index contributed by atoms with van der Waals surface area (Å²) in [6.45, 7) is 5.34. The molecule has 0 aromatic heterocycles. The monoisotopic (exact) mass is 305 g/mol. The lowest BCUT2D eigenvalue weighted by atomic mass is 9.98. The van der Waals surface area contributed by atoms with Gasteiger partial charge in [0.15, 0.2) is 0 Å². The van der Waals surface area contributed by atoms with Gasteiger partial charge in [-0.15, -0.1) is 0 Å². The SMILES string of the molecule is Cc1ccc(OCCC(=O)N2CCCC(C(=O)O)C2)cc1C. The Balaban J connectivity index is 1.79. The van der Waals surface area contributed by atoms with Gasteiger partial charge in [0.05, 0.1) is 18.9 Å². The Labute approximate surface area is 130 Å². The summed E-state index contributed by atoms with van der Waals surface area (Å²) in [6, 6.07) is 5.85. The van der Waals surface area contributed by atoms with Crippen LogP contribution in [0.3, 0.4) is 0 Å². The number of likely N-dealkylation sites (tertiary alicyclic amines) is 1. The smallest absolute Gasteiger partial charge is 0.308 e. The van der Waals surface area contributed by atoms with Gasteiger partial charge in [-0.2, -0.15) is 0 Å². The number of ether oxygens (including phenoxy) is 1. The van der Waals surface area contributed by atoms with Gasteiger partial charge in [0.25, 0.3) is 0 Å². The summed E-state index contributed by atoms with van der Waals surface area (Å²) in [5, 5.41) is 9.05. The molecule has 5 nitrogen and oxygen atoms in total. The predicted octanol–water partition coefficient (Wildman–Crippen LogP) is 2.40. The molecule has 22 heavy (non-hydrogen) atoms. The second-order valence-corrected chi connectivity index (χ2v) is 5.86. The van der Waals surface area contributed by atoms with E-state index >= 15 is 0 Å². The molecule has 0 aliphatic carbocycles. The molecule has 0 bridgehead atoms. The molecule has 1 aromatic carbocycles. The number of carboxylic acids is 1. The van der Waals surface area contributed by atoms with Crippen molar-refractivity contribution in [2.45, 2.75) is 33.1 Å². The molecule has 1 fully saturated rings. The van der Waals surface area contributed by atoms with Crippen molar-refractivity contribution >= 4 is 11.9 Å². The van der Waals surface area contributed by atoms with E-state index < -0.39 is 11.9 Å². The van der Waals surface area contributed by atoms with Gasteiger partial charge in [0, 0.05) is 13.1 Å². The van der Waals surface area contributed by atoms with Gasteiger partial charge < -0.3 is 14.7 Å². The van der Waals surface area contributed by atoms with Crippen LogP contribution in [0.15, 0.2) is 18.2 Å². The number of rotatable bonds is 5. The standard InChI is InChI=1S/C17H23NO4/c1-12-5-6-15(10-13(12)2)22-9-7-16(19)18-8-3-4-14(11-18)17(20)21/h5-6,10,14H,3-4,7-9,11H2,1-2H3,(H,20,21). The third kappa shape index (κ3) is 4.23. The van der Waals surface area contributed by atoms with Crippen LogP contribution in [-0.2, 0) is 9.59 Å². The average Bonchev–Trinajstić information content (AvgIpc) is 2.51. The van der Waals surface area contributed by atoms with E-state index in [1.54, 1.807) is 4.90 Å². The highest BCUT2D eigenvalue weighted by molar-refractivity contribution is 5.78. The third-order valence-corrected chi connectivity index (χ3v) is 4.19. The first-order chi connectivity index (χ1) is 10.5. The highest BCUT2D eigenvalue weighted by Gasteiger charge is 2.27. The van der Waals surface area contributed by atoms with Crippen LogP contribution in [0.5, 0.6) is 5.75 Å². The van der Waals surface area contributed by atoms with Crippen LogP contribution in [0.1, 0.15) is 30.4 Å². The Bertz CT molecular complexity index is 556. The molecule has 0 radical (unpaired) electrons. The van der Waals surface area contributed by atoms with Crippen LogP contribution < -0.4 is 4.74 Å². The normalized spacial score (nSPS) is 18.1. The first kappa shape index (κ1) is 16.3. The van der Waals surface area contributed by atoms with Gasteiger partial charge in [0.1, 0.15) is 5.75 Å². The molecular weight excluding hydrogens is 282 g/mol. The van der Waals surface area contributed by atoms with Crippen LogP contribution in [0, 0.1) is 19.8 Å². The van der Waals surface area contributed by atoms with E-state index in [1.165, 1.54) is 5.56 Å². The van der Waals surface area contributed by atoms with Crippen LogP contribution in [-0.4, -0.2) is 41.6 Å². The summed E-state index contributed by atoms with van der Waals surface area (Å²) in [4.78, 5) is 24.8. The fourth-order valence-electron chi connectivity index (χ4n) is 2.62. The number of benzene rings is 1. The van der Waals surface area contributed by atoms with Gasteiger partial charge in [-0.1, -0.05) is 6.07 Å². The maximum atomic E-state index is 12.1. The van der Waals surface area contributed by atoms with E-state index in [1.807, 2.05) is 32.0 Å². The first-order valence-corrected chi connectivity index (χ1v) is 7.68. The van der Waals surface area contributed by atoms with E-state index in [0.29, 0.717) is 26.1 Å².